The van der Waals surface area contributed by atoms with Crippen LogP contribution in [-0.4, -0.2) is 41.5 Å². The van der Waals surface area contributed by atoms with Crippen LogP contribution in [0.5, 0.6) is 0 Å². The number of likely N-dealkylation sites (tertiary alicyclic amines) is 1. The number of amides is 1. The molecule has 2 unspecified atom stereocenters. The second kappa shape index (κ2) is 5.80. The number of aromatic nitrogens is 1. The number of nitrogens with one attached hydrogen (secondary N) is 1. The smallest absolute Gasteiger partial charge is 0.254 e. The fraction of sp³-hybridized carbons (Fsp3) is 0.538. The van der Waals surface area contributed by atoms with Crippen molar-refractivity contribution in [2.75, 3.05) is 13.6 Å². The number of hydrogen-bond donors (Lipinski definition) is 1. The van der Waals surface area contributed by atoms with Crippen LogP contribution in [0.4, 0.5) is 0 Å². The number of pyridine rings is 1. The number of hydrogen-bond acceptors (Lipinski definition) is 3. The Morgan fingerprint density at radius 1 is 1.61 bits per heavy atom. The zero-order chi connectivity index (χ0) is 13.1. The zero-order valence-electron chi connectivity index (χ0n) is 10.7. The molecular weight excluding hydrogens is 294 g/mol. The van der Waals surface area contributed by atoms with Crippen molar-refractivity contribution < 1.29 is 4.79 Å². The highest BCUT2D eigenvalue weighted by Gasteiger charge is 2.24. The quantitative estimate of drug-likeness (QED) is 0.850. The van der Waals surface area contributed by atoms with Gasteiger partial charge in [0, 0.05) is 24.8 Å². The van der Waals surface area contributed by atoms with Crippen molar-refractivity contribution in [3.05, 3.63) is 28.5 Å². The summed E-state index contributed by atoms with van der Waals surface area (Å²) in [5, 5.41) is 3.09. The van der Waals surface area contributed by atoms with E-state index in [0.717, 1.165) is 19.4 Å². The predicted octanol–water partition coefficient (Wildman–Crippen LogP) is 2.06. The Balaban J connectivity index is 1.98. The average Bonchev–Trinajstić information content (AvgIpc) is 2.34. The first-order valence-corrected chi connectivity index (χ1v) is 6.99. The van der Waals surface area contributed by atoms with Crippen molar-refractivity contribution in [1.82, 2.24) is 15.2 Å². The summed E-state index contributed by atoms with van der Waals surface area (Å²) in [7, 11) is 2.13. The van der Waals surface area contributed by atoms with E-state index in [1.54, 1.807) is 18.3 Å². The van der Waals surface area contributed by atoms with Crippen molar-refractivity contribution in [3.8, 4) is 0 Å². The van der Waals surface area contributed by atoms with Crippen molar-refractivity contribution in [1.29, 1.82) is 0 Å². The van der Waals surface area contributed by atoms with Crippen LogP contribution in [0.3, 0.4) is 0 Å². The van der Waals surface area contributed by atoms with E-state index in [9.17, 15) is 4.79 Å². The largest absolute Gasteiger partial charge is 0.349 e. The molecule has 1 N–H and O–H groups in total. The predicted molar refractivity (Wildman–Crippen MR) is 74.5 cm³/mol. The van der Waals surface area contributed by atoms with E-state index in [0.29, 0.717) is 16.2 Å². The van der Waals surface area contributed by atoms with Gasteiger partial charge in [0.15, 0.2) is 0 Å². The van der Waals surface area contributed by atoms with Gasteiger partial charge in [-0.05, 0) is 54.9 Å². The molecule has 0 saturated carbocycles. The van der Waals surface area contributed by atoms with Gasteiger partial charge in [0.05, 0.1) is 5.56 Å². The summed E-state index contributed by atoms with van der Waals surface area (Å²) in [4.78, 5) is 18.5. The molecule has 0 radical (unpaired) electrons. The highest BCUT2D eigenvalue weighted by Crippen LogP contribution is 2.17. The minimum absolute atomic E-state index is 0.0447. The van der Waals surface area contributed by atoms with Gasteiger partial charge in [0.1, 0.15) is 4.60 Å². The van der Waals surface area contributed by atoms with Crippen LogP contribution in [-0.2, 0) is 0 Å². The number of halogens is 1. The lowest BCUT2D eigenvalue weighted by atomic mass is 9.98. The van der Waals surface area contributed by atoms with Crippen molar-refractivity contribution in [3.63, 3.8) is 0 Å². The summed E-state index contributed by atoms with van der Waals surface area (Å²) < 4.78 is 0.600. The van der Waals surface area contributed by atoms with E-state index >= 15 is 0 Å². The first-order valence-electron chi connectivity index (χ1n) is 6.19. The Hall–Kier alpha value is -0.940. The standard InChI is InChI=1S/C13H18BrN3O/c1-9-8-10(5-7-17(9)2)16-13(18)11-4-3-6-15-12(11)14/h3-4,6,9-10H,5,7-8H2,1-2H3,(H,16,18). The summed E-state index contributed by atoms with van der Waals surface area (Å²) in [5.74, 6) is -0.0447. The molecule has 1 saturated heterocycles. The molecule has 0 bridgehead atoms. The second-order valence-electron chi connectivity index (χ2n) is 4.87. The first-order chi connectivity index (χ1) is 8.58. The van der Waals surface area contributed by atoms with Gasteiger partial charge in [-0.3, -0.25) is 4.79 Å². The molecule has 1 aromatic heterocycles. The van der Waals surface area contributed by atoms with Gasteiger partial charge in [-0.15, -0.1) is 0 Å². The molecule has 1 aliphatic rings. The molecule has 0 aromatic carbocycles. The second-order valence-corrected chi connectivity index (χ2v) is 5.62. The molecule has 18 heavy (non-hydrogen) atoms. The number of rotatable bonds is 2. The lowest BCUT2D eigenvalue weighted by molar-refractivity contribution is 0.0895. The monoisotopic (exact) mass is 311 g/mol. The summed E-state index contributed by atoms with van der Waals surface area (Å²) in [6.07, 6.45) is 3.67. The third-order valence-corrected chi connectivity index (χ3v) is 4.18. The molecule has 2 heterocycles. The maximum absolute atomic E-state index is 12.1. The number of piperidine rings is 1. The van der Waals surface area contributed by atoms with Gasteiger partial charge in [-0.1, -0.05) is 0 Å². The molecule has 1 aliphatic heterocycles. The van der Waals surface area contributed by atoms with Crippen molar-refractivity contribution >= 4 is 21.8 Å². The van der Waals surface area contributed by atoms with Gasteiger partial charge in [0.25, 0.3) is 5.91 Å². The molecule has 1 fully saturated rings. The van der Waals surface area contributed by atoms with E-state index in [4.69, 9.17) is 0 Å². The van der Waals surface area contributed by atoms with Crippen molar-refractivity contribution in [2.45, 2.75) is 31.8 Å². The van der Waals surface area contributed by atoms with Gasteiger partial charge < -0.3 is 10.2 Å². The minimum Gasteiger partial charge on any atom is -0.349 e. The summed E-state index contributed by atoms with van der Waals surface area (Å²) in [6.45, 7) is 3.22. The normalized spacial score (nSPS) is 24.8. The molecule has 1 amide bonds. The van der Waals surface area contributed by atoms with E-state index in [1.165, 1.54) is 0 Å². The summed E-state index contributed by atoms with van der Waals surface area (Å²) in [5.41, 5.74) is 0.601. The van der Waals surface area contributed by atoms with Crippen LogP contribution in [0.25, 0.3) is 0 Å². The molecule has 2 rings (SSSR count). The number of nitrogens with zero attached hydrogens (tertiary/aromatic N) is 2. The average molecular weight is 312 g/mol. The van der Waals surface area contributed by atoms with E-state index in [1.807, 2.05) is 0 Å². The number of carbonyl (C=O) groups excluding carboxylic acids is 1. The van der Waals surface area contributed by atoms with E-state index in [2.05, 4.69) is 45.1 Å². The van der Waals surface area contributed by atoms with E-state index in [-0.39, 0.29) is 11.9 Å². The lowest BCUT2D eigenvalue weighted by Gasteiger charge is -2.35. The Labute approximate surface area is 116 Å². The molecule has 2 atom stereocenters. The third kappa shape index (κ3) is 3.09. The van der Waals surface area contributed by atoms with Crippen LogP contribution in [0, 0.1) is 0 Å². The SMILES string of the molecule is CC1CC(NC(=O)c2cccnc2Br)CCN1C. The molecule has 1 aromatic rings. The Bertz CT molecular complexity index is 438. The highest BCUT2D eigenvalue weighted by atomic mass is 79.9. The molecular formula is C13H18BrN3O. The Morgan fingerprint density at radius 3 is 3.06 bits per heavy atom. The lowest BCUT2D eigenvalue weighted by Crippen LogP contribution is -2.47. The summed E-state index contributed by atoms with van der Waals surface area (Å²) >= 11 is 3.30. The van der Waals surface area contributed by atoms with Crippen LogP contribution in [0.1, 0.15) is 30.1 Å². The minimum atomic E-state index is -0.0447. The molecule has 98 valence electrons. The van der Waals surface area contributed by atoms with Gasteiger partial charge in [-0.2, -0.15) is 0 Å². The Kier molecular flexibility index (Phi) is 4.35. The molecule has 0 aliphatic carbocycles. The van der Waals surface area contributed by atoms with Gasteiger partial charge in [-0.25, -0.2) is 4.98 Å². The maximum Gasteiger partial charge on any atom is 0.254 e. The first kappa shape index (κ1) is 13.5. The van der Waals surface area contributed by atoms with Crippen molar-refractivity contribution in [2.24, 2.45) is 0 Å². The fourth-order valence-corrected chi connectivity index (χ4v) is 2.67. The van der Waals surface area contributed by atoms with Crippen LogP contribution >= 0.6 is 15.9 Å². The van der Waals surface area contributed by atoms with E-state index < -0.39 is 0 Å². The molecule has 4 nitrogen and oxygen atoms in total. The highest BCUT2D eigenvalue weighted by molar-refractivity contribution is 9.10. The Morgan fingerprint density at radius 2 is 2.39 bits per heavy atom. The van der Waals surface area contributed by atoms with Crippen LogP contribution in [0.15, 0.2) is 22.9 Å². The van der Waals surface area contributed by atoms with Crippen LogP contribution < -0.4 is 5.32 Å². The number of carbonyl (C=O) groups is 1. The third-order valence-electron chi connectivity index (χ3n) is 3.55. The fourth-order valence-electron chi connectivity index (χ4n) is 2.24. The van der Waals surface area contributed by atoms with Crippen LogP contribution in [0.2, 0.25) is 0 Å². The molecule has 0 spiro atoms. The topological polar surface area (TPSA) is 45.2 Å². The molecule has 5 heteroatoms. The maximum atomic E-state index is 12.1. The summed E-state index contributed by atoms with van der Waals surface area (Å²) in [6, 6.07) is 4.33. The van der Waals surface area contributed by atoms with Gasteiger partial charge in [0.2, 0.25) is 0 Å². The zero-order valence-corrected chi connectivity index (χ0v) is 12.3. The van der Waals surface area contributed by atoms with Gasteiger partial charge >= 0.3 is 0 Å².